The number of aromatic nitrogens is 1. The lowest BCUT2D eigenvalue weighted by atomic mass is 10.0. The van der Waals surface area contributed by atoms with Gasteiger partial charge in [0.25, 0.3) is 0 Å². The van der Waals surface area contributed by atoms with Crippen LogP contribution in [0.1, 0.15) is 24.1 Å². The third-order valence-corrected chi connectivity index (χ3v) is 5.62. The first-order valence-corrected chi connectivity index (χ1v) is 10.3. The summed E-state index contributed by atoms with van der Waals surface area (Å²) in [5.74, 6) is 0.885. The molecular weight excluding hydrogens is 393 g/mol. The largest absolute Gasteiger partial charge is 0.417 e. The molecule has 0 spiro atoms. The molecular formula is C18H21F3N4O2S. The normalized spacial score (nSPS) is 16.2. The molecule has 1 aromatic carbocycles. The Balaban J connectivity index is 1.71. The third kappa shape index (κ3) is 4.74. The van der Waals surface area contributed by atoms with Crippen molar-refractivity contribution in [2.75, 3.05) is 23.3 Å². The van der Waals surface area contributed by atoms with E-state index in [2.05, 4.69) is 15.2 Å². The van der Waals surface area contributed by atoms with E-state index in [-0.39, 0.29) is 11.7 Å². The minimum Gasteiger partial charge on any atom is -0.382 e. The molecule has 1 saturated heterocycles. The highest BCUT2D eigenvalue weighted by Crippen LogP contribution is 2.36. The van der Waals surface area contributed by atoms with Gasteiger partial charge >= 0.3 is 6.18 Å². The van der Waals surface area contributed by atoms with Gasteiger partial charge in [0, 0.05) is 30.5 Å². The summed E-state index contributed by atoms with van der Waals surface area (Å²) < 4.78 is 62.6. The molecule has 3 rings (SSSR count). The van der Waals surface area contributed by atoms with Crippen molar-refractivity contribution in [3.63, 3.8) is 0 Å². The minimum absolute atomic E-state index is 0.0255. The number of piperidine rings is 1. The molecule has 0 atom stereocenters. The Hall–Kier alpha value is -2.33. The third-order valence-electron chi connectivity index (χ3n) is 4.65. The van der Waals surface area contributed by atoms with E-state index < -0.39 is 26.7 Å². The topological polar surface area (TPSA) is 88.3 Å². The summed E-state index contributed by atoms with van der Waals surface area (Å²) in [6, 6.07) is 8.77. The number of hydrogen-bond acceptors (Lipinski definition) is 5. The first-order chi connectivity index (χ1) is 13.0. The van der Waals surface area contributed by atoms with Gasteiger partial charge < -0.3 is 10.2 Å². The van der Waals surface area contributed by atoms with Crippen molar-refractivity contribution in [1.82, 2.24) is 4.98 Å². The highest BCUT2D eigenvalue weighted by Gasteiger charge is 2.36. The number of alkyl halides is 3. The second-order valence-electron chi connectivity index (χ2n) is 6.80. The van der Waals surface area contributed by atoms with Crippen LogP contribution in [0.2, 0.25) is 0 Å². The van der Waals surface area contributed by atoms with Crippen LogP contribution < -0.4 is 15.4 Å². The molecule has 152 valence electrons. The number of primary sulfonamides is 1. The molecule has 1 fully saturated rings. The van der Waals surface area contributed by atoms with Crippen LogP contribution in [0.15, 0.2) is 41.3 Å². The molecule has 0 saturated carbocycles. The van der Waals surface area contributed by atoms with Crippen molar-refractivity contribution >= 4 is 21.5 Å². The lowest BCUT2D eigenvalue weighted by Crippen LogP contribution is -2.39. The monoisotopic (exact) mass is 414 g/mol. The predicted octanol–water partition coefficient (Wildman–Crippen LogP) is 3.14. The van der Waals surface area contributed by atoms with Crippen molar-refractivity contribution in [3.8, 4) is 0 Å². The second kappa shape index (κ2) is 7.59. The van der Waals surface area contributed by atoms with Crippen molar-refractivity contribution in [1.29, 1.82) is 0 Å². The van der Waals surface area contributed by atoms with Gasteiger partial charge in [-0.3, -0.25) is 0 Å². The number of pyridine rings is 1. The van der Waals surface area contributed by atoms with Crippen molar-refractivity contribution in [2.24, 2.45) is 5.14 Å². The molecule has 6 nitrogen and oxygen atoms in total. The van der Waals surface area contributed by atoms with E-state index >= 15 is 0 Å². The second-order valence-corrected chi connectivity index (χ2v) is 8.33. The molecule has 28 heavy (non-hydrogen) atoms. The van der Waals surface area contributed by atoms with Gasteiger partial charge in [-0.2, -0.15) is 13.2 Å². The van der Waals surface area contributed by atoms with Crippen LogP contribution in [-0.2, 0) is 16.2 Å². The van der Waals surface area contributed by atoms with E-state index in [0.29, 0.717) is 12.8 Å². The highest BCUT2D eigenvalue weighted by molar-refractivity contribution is 7.89. The Bertz CT molecular complexity index is 956. The maximum absolute atomic E-state index is 13.2. The molecule has 1 aliphatic rings. The lowest BCUT2D eigenvalue weighted by molar-refractivity contribution is -0.139. The van der Waals surface area contributed by atoms with Crippen molar-refractivity contribution in [3.05, 3.63) is 47.7 Å². The molecule has 0 unspecified atom stereocenters. The maximum atomic E-state index is 13.2. The summed E-state index contributed by atoms with van der Waals surface area (Å²) in [5, 5.41) is 7.98. The van der Waals surface area contributed by atoms with Crippen LogP contribution in [0.4, 0.5) is 24.7 Å². The summed E-state index contributed by atoms with van der Waals surface area (Å²) in [5.41, 5.74) is -0.124. The molecule has 0 aliphatic carbocycles. The van der Waals surface area contributed by atoms with Gasteiger partial charge in [0.05, 0.1) is 10.5 Å². The van der Waals surface area contributed by atoms with Gasteiger partial charge in [-0.1, -0.05) is 6.07 Å². The average Bonchev–Trinajstić information content (AvgIpc) is 2.61. The summed E-state index contributed by atoms with van der Waals surface area (Å²) in [7, 11) is -4.47. The number of nitrogens with two attached hydrogens (primary N) is 1. The Morgan fingerprint density at radius 2 is 1.86 bits per heavy atom. The van der Waals surface area contributed by atoms with Gasteiger partial charge in [-0.15, -0.1) is 0 Å². The number of benzene rings is 1. The van der Waals surface area contributed by atoms with Crippen LogP contribution >= 0.6 is 0 Å². The van der Waals surface area contributed by atoms with Crippen LogP contribution in [0, 0.1) is 6.92 Å². The lowest BCUT2D eigenvalue weighted by Gasteiger charge is -2.34. The first-order valence-electron chi connectivity index (χ1n) is 8.73. The quantitative estimate of drug-likeness (QED) is 0.803. The average molecular weight is 414 g/mol. The molecule has 0 bridgehead atoms. The molecule has 1 aromatic heterocycles. The standard InChI is InChI=1S/C18H21F3N4O2S/c1-12-3-2-4-17(23-12)25-9-7-13(8-10-25)24-14-5-6-16(28(22,26)27)15(11-14)18(19,20)21/h2-6,11,13,24H,7-10H2,1H3,(H2,22,26,27). The Kier molecular flexibility index (Phi) is 5.53. The number of sulfonamides is 1. The Morgan fingerprint density at radius 1 is 1.18 bits per heavy atom. The van der Waals surface area contributed by atoms with Gasteiger partial charge in [0.15, 0.2) is 0 Å². The Labute approximate surface area is 161 Å². The molecule has 10 heteroatoms. The number of nitrogens with zero attached hydrogens (tertiary/aromatic N) is 2. The number of nitrogens with one attached hydrogen (secondary N) is 1. The van der Waals surface area contributed by atoms with Gasteiger partial charge in [0.2, 0.25) is 10.0 Å². The van der Waals surface area contributed by atoms with Crippen LogP contribution in [0.5, 0.6) is 0 Å². The smallest absolute Gasteiger partial charge is 0.382 e. The fourth-order valence-corrected chi connectivity index (χ4v) is 4.02. The van der Waals surface area contributed by atoms with Crippen LogP contribution in [0.3, 0.4) is 0 Å². The SMILES string of the molecule is Cc1cccc(N2CCC(Nc3ccc(S(N)(=O)=O)c(C(F)(F)F)c3)CC2)n1. The number of rotatable bonds is 4. The van der Waals surface area contributed by atoms with Crippen molar-refractivity contribution in [2.45, 2.75) is 36.9 Å². The minimum atomic E-state index is -4.82. The molecule has 1 aliphatic heterocycles. The van der Waals surface area contributed by atoms with E-state index in [1.54, 1.807) is 0 Å². The van der Waals surface area contributed by atoms with E-state index in [1.807, 2.05) is 25.1 Å². The van der Waals surface area contributed by atoms with Crippen LogP contribution in [0.25, 0.3) is 0 Å². The van der Waals surface area contributed by atoms with E-state index in [1.165, 1.54) is 6.07 Å². The molecule has 3 N–H and O–H groups in total. The van der Waals surface area contributed by atoms with Crippen LogP contribution in [-0.4, -0.2) is 32.5 Å². The fourth-order valence-electron chi connectivity index (χ4n) is 3.28. The summed E-state index contributed by atoms with van der Waals surface area (Å²) in [4.78, 5) is 5.70. The maximum Gasteiger partial charge on any atom is 0.417 e. The number of hydrogen-bond donors (Lipinski definition) is 2. The zero-order valence-corrected chi connectivity index (χ0v) is 16.0. The number of anilines is 2. The fraction of sp³-hybridized carbons (Fsp3) is 0.389. The predicted molar refractivity (Wildman–Crippen MR) is 101 cm³/mol. The summed E-state index contributed by atoms with van der Waals surface area (Å²) in [6.45, 7) is 3.35. The van der Waals surface area contributed by atoms with E-state index in [4.69, 9.17) is 5.14 Å². The number of halogens is 3. The van der Waals surface area contributed by atoms with Gasteiger partial charge in [0.1, 0.15) is 5.82 Å². The molecule has 2 aromatic rings. The first kappa shape index (κ1) is 20.4. The zero-order chi connectivity index (χ0) is 20.5. The summed E-state index contributed by atoms with van der Waals surface area (Å²) in [6.07, 6.45) is -3.39. The van der Waals surface area contributed by atoms with Gasteiger partial charge in [-0.05, 0) is 50.1 Å². The van der Waals surface area contributed by atoms with E-state index in [9.17, 15) is 21.6 Å². The Morgan fingerprint density at radius 3 is 2.43 bits per heavy atom. The highest BCUT2D eigenvalue weighted by atomic mass is 32.2. The molecule has 2 heterocycles. The number of aryl methyl sites for hydroxylation is 1. The zero-order valence-electron chi connectivity index (χ0n) is 15.2. The molecule has 0 amide bonds. The van der Waals surface area contributed by atoms with E-state index in [0.717, 1.165) is 36.7 Å². The summed E-state index contributed by atoms with van der Waals surface area (Å²) >= 11 is 0. The van der Waals surface area contributed by atoms with Gasteiger partial charge in [-0.25, -0.2) is 18.5 Å². The molecule has 0 radical (unpaired) electrons. The van der Waals surface area contributed by atoms with Crippen molar-refractivity contribution < 1.29 is 21.6 Å².